The van der Waals surface area contributed by atoms with Crippen molar-refractivity contribution in [3.05, 3.63) is 52.0 Å². The summed E-state index contributed by atoms with van der Waals surface area (Å²) in [5.41, 5.74) is 7.41. The van der Waals surface area contributed by atoms with Crippen molar-refractivity contribution in [1.82, 2.24) is 0 Å². The van der Waals surface area contributed by atoms with E-state index in [4.69, 9.17) is 15.2 Å². The van der Waals surface area contributed by atoms with E-state index in [9.17, 15) is 4.79 Å². The minimum absolute atomic E-state index is 0.0985. The van der Waals surface area contributed by atoms with Gasteiger partial charge in [-0.25, -0.2) is 0 Å². The molecule has 0 spiro atoms. The summed E-state index contributed by atoms with van der Waals surface area (Å²) in [5, 5.41) is 0. The van der Waals surface area contributed by atoms with Crippen LogP contribution in [-0.2, 0) is 0 Å². The molecule has 0 bridgehead atoms. The van der Waals surface area contributed by atoms with Crippen molar-refractivity contribution in [1.29, 1.82) is 0 Å². The van der Waals surface area contributed by atoms with Gasteiger partial charge >= 0.3 is 0 Å². The average Bonchev–Trinajstić information content (AvgIpc) is 2.69. The Balaban J connectivity index is 1.96. The Morgan fingerprint density at radius 1 is 1.00 bits per heavy atom. The monoisotopic (exact) mass is 347 g/mol. The van der Waals surface area contributed by atoms with Gasteiger partial charge < -0.3 is 15.2 Å². The topological polar surface area (TPSA) is 61.6 Å². The largest absolute Gasteiger partial charge is 0.490 e. The van der Waals surface area contributed by atoms with E-state index in [1.165, 1.54) is 0 Å². The molecule has 1 aliphatic rings. The Morgan fingerprint density at radius 2 is 1.76 bits per heavy atom. The number of carbonyl (C=O) groups is 1. The predicted octanol–water partition coefficient (Wildman–Crippen LogP) is 3.42. The predicted molar refractivity (Wildman–Crippen MR) is 84.0 cm³/mol. The quantitative estimate of drug-likeness (QED) is 0.667. The molecule has 1 heterocycles. The highest BCUT2D eigenvalue weighted by atomic mass is 79.9. The Kier molecular flexibility index (Phi) is 3.84. The maximum Gasteiger partial charge on any atom is 0.193 e. The molecule has 3 rings (SSSR count). The van der Waals surface area contributed by atoms with E-state index in [0.717, 1.165) is 10.9 Å². The second-order valence-electron chi connectivity index (χ2n) is 4.81. The van der Waals surface area contributed by atoms with E-state index in [0.29, 0.717) is 41.5 Å². The molecule has 108 valence electrons. The summed E-state index contributed by atoms with van der Waals surface area (Å²) in [6.45, 7) is 1.22. The van der Waals surface area contributed by atoms with Crippen LogP contribution in [0.15, 0.2) is 40.9 Å². The molecule has 0 radical (unpaired) electrons. The summed E-state index contributed by atoms with van der Waals surface area (Å²) >= 11 is 3.35. The maximum atomic E-state index is 12.5. The molecule has 0 saturated heterocycles. The minimum atomic E-state index is -0.0985. The van der Waals surface area contributed by atoms with Gasteiger partial charge in [-0.3, -0.25) is 4.79 Å². The molecule has 0 unspecified atom stereocenters. The van der Waals surface area contributed by atoms with Crippen LogP contribution >= 0.6 is 15.9 Å². The Bertz CT molecular complexity index is 680. The number of benzene rings is 2. The van der Waals surface area contributed by atoms with E-state index >= 15 is 0 Å². The van der Waals surface area contributed by atoms with Gasteiger partial charge in [-0.2, -0.15) is 0 Å². The van der Waals surface area contributed by atoms with E-state index in [-0.39, 0.29) is 5.78 Å². The summed E-state index contributed by atoms with van der Waals surface area (Å²) in [7, 11) is 0. The van der Waals surface area contributed by atoms with Crippen molar-refractivity contribution >= 4 is 27.4 Å². The minimum Gasteiger partial charge on any atom is -0.490 e. The third-order valence-electron chi connectivity index (χ3n) is 3.19. The zero-order valence-electron chi connectivity index (χ0n) is 11.3. The molecule has 21 heavy (non-hydrogen) atoms. The molecule has 0 aliphatic carbocycles. The molecule has 2 aromatic rings. The highest BCUT2D eigenvalue weighted by Crippen LogP contribution is 2.31. The summed E-state index contributed by atoms with van der Waals surface area (Å²) in [6, 6.07) is 10.4. The molecule has 2 aromatic carbocycles. The van der Waals surface area contributed by atoms with Crippen LogP contribution in [0.1, 0.15) is 22.3 Å². The number of ketones is 1. The molecule has 0 fully saturated rings. The SMILES string of the molecule is Nc1cc(Br)cc(C(=O)c2ccc3c(c2)OCCCO3)c1. The van der Waals surface area contributed by atoms with Crippen LogP contribution in [0.4, 0.5) is 5.69 Å². The molecule has 0 amide bonds. The van der Waals surface area contributed by atoms with E-state index < -0.39 is 0 Å². The van der Waals surface area contributed by atoms with Crippen LogP contribution in [0.2, 0.25) is 0 Å². The summed E-state index contributed by atoms with van der Waals surface area (Å²) in [4.78, 5) is 12.5. The van der Waals surface area contributed by atoms with Gasteiger partial charge in [0.05, 0.1) is 13.2 Å². The van der Waals surface area contributed by atoms with Crippen LogP contribution in [0, 0.1) is 0 Å². The van der Waals surface area contributed by atoms with Gasteiger partial charge in [-0.1, -0.05) is 15.9 Å². The fourth-order valence-corrected chi connectivity index (χ4v) is 2.73. The average molecular weight is 348 g/mol. The summed E-state index contributed by atoms with van der Waals surface area (Å²) < 4.78 is 12.0. The summed E-state index contributed by atoms with van der Waals surface area (Å²) in [5.74, 6) is 1.19. The van der Waals surface area contributed by atoms with Crippen LogP contribution in [0.5, 0.6) is 11.5 Å². The maximum absolute atomic E-state index is 12.5. The van der Waals surface area contributed by atoms with Crippen LogP contribution in [-0.4, -0.2) is 19.0 Å². The summed E-state index contributed by atoms with van der Waals surface area (Å²) in [6.07, 6.45) is 0.833. The van der Waals surface area contributed by atoms with Crippen molar-refractivity contribution in [3.8, 4) is 11.5 Å². The first-order valence-electron chi connectivity index (χ1n) is 6.64. The fraction of sp³-hybridized carbons (Fsp3) is 0.188. The lowest BCUT2D eigenvalue weighted by Gasteiger charge is -2.09. The van der Waals surface area contributed by atoms with Crippen molar-refractivity contribution in [2.24, 2.45) is 0 Å². The first-order chi connectivity index (χ1) is 10.1. The van der Waals surface area contributed by atoms with Crippen LogP contribution in [0.25, 0.3) is 0 Å². The van der Waals surface area contributed by atoms with Crippen LogP contribution < -0.4 is 15.2 Å². The number of ether oxygens (including phenoxy) is 2. The standard InChI is InChI=1S/C16H14BrNO3/c17-12-6-11(7-13(18)9-12)16(19)10-2-3-14-15(8-10)21-5-1-4-20-14/h2-3,6-9H,1,4-5,18H2. The number of nitrogen functional groups attached to an aromatic ring is 1. The molecule has 0 aromatic heterocycles. The fourth-order valence-electron chi connectivity index (χ4n) is 2.21. The lowest BCUT2D eigenvalue weighted by molar-refractivity contribution is 0.103. The lowest BCUT2D eigenvalue weighted by atomic mass is 10.0. The molecular formula is C16H14BrNO3. The van der Waals surface area contributed by atoms with Gasteiger partial charge in [0, 0.05) is 27.7 Å². The number of halogens is 1. The number of fused-ring (bicyclic) bond motifs is 1. The number of hydrogen-bond donors (Lipinski definition) is 1. The van der Waals surface area contributed by atoms with E-state index in [2.05, 4.69) is 15.9 Å². The zero-order chi connectivity index (χ0) is 14.8. The molecule has 1 aliphatic heterocycles. The molecule has 5 heteroatoms. The van der Waals surface area contributed by atoms with Crippen molar-refractivity contribution in [2.45, 2.75) is 6.42 Å². The molecule has 0 saturated carbocycles. The first kappa shape index (κ1) is 13.9. The number of hydrogen-bond acceptors (Lipinski definition) is 4. The number of anilines is 1. The molecular weight excluding hydrogens is 334 g/mol. The van der Waals surface area contributed by atoms with Gasteiger partial charge in [-0.05, 0) is 36.4 Å². The van der Waals surface area contributed by atoms with E-state index in [1.54, 1.807) is 36.4 Å². The van der Waals surface area contributed by atoms with Gasteiger partial charge in [0.15, 0.2) is 17.3 Å². The van der Waals surface area contributed by atoms with Crippen molar-refractivity contribution in [3.63, 3.8) is 0 Å². The van der Waals surface area contributed by atoms with Crippen LogP contribution in [0.3, 0.4) is 0 Å². The third kappa shape index (κ3) is 3.03. The normalized spacial score (nSPS) is 13.6. The Hall–Kier alpha value is -2.01. The van der Waals surface area contributed by atoms with Gasteiger partial charge in [0.2, 0.25) is 0 Å². The highest BCUT2D eigenvalue weighted by Gasteiger charge is 2.16. The van der Waals surface area contributed by atoms with E-state index in [1.807, 2.05) is 0 Å². The molecule has 2 N–H and O–H groups in total. The molecule has 4 nitrogen and oxygen atoms in total. The second-order valence-corrected chi connectivity index (χ2v) is 5.73. The van der Waals surface area contributed by atoms with Gasteiger partial charge in [0.1, 0.15) is 0 Å². The van der Waals surface area contributed by atoms with Gasteiger partial charge in [-0.15, -0.1) is 0 Å². The second kappa shape index (κ2) is 5.77. The van der Waals surface area contributed by atoms with Crippen molar-refractivity contribution < 1.29 is 14.3 Å². The first-order valence-corrected chi connectivity index (χ1v) is 7.43. The lowest BCUT2D eigenvalue weighted by Crippen LogP contribution is -2.03. The highest BCUT2D eigenvalue weighted by molar-refractivity contribution is 9.10. The number of carbonyl (C=O) groups excluding carboxylic acids is 1. The van der Waals surface area contributed by atoms with Crippen molar-refractivity contribution in [2.75, 3.05) is 18.9 Å². The number of rotatable bonds is 2. The Morgan fingerprint density at radius 3 is 2.52 bits per heavy atom. The zero-order valence-corrected chi connectivity index (χ0v) is 12.9. The number of nitrogens with two attached hydrogens (primary N) is 1. The molecule has 0 atom stereocenters. The van der Waals surface area contributed by atoms with Gasteiger partial charge in [0.25, 0.3) is 0 Å². The Labute approximate surface area is 131 Å². The smallest absolute Gasteiger partial charge is 0.193 e. The third-order valence-corrected chi connectivity index (χ3v) is 3.65.